The van der Waals surface area contributed by atoms with Crippen LogP contribution >= 0.6 is 0 Å². The number of aryl methyl sites for hydroxylation is 1. The Balaban J connectivity index is 1.35. The van der Waals surface area contributed by atoms with E-state index in [2.05, 4.69) is 23.5 Å². The van der Waals surface area contributed by atoms with Gasteiger partial charge in [0.15, 0.2) is 0 Å². The number of hydrogen-bond donors (Lipinski definition) is 1. The van der Waals surface area contributed by atoms with Crippen molar-refractivity contribution in [3.8, 4) is 5.75 Å². The number of rotatable bonds is 5. The zero-order valence-electron chi connectivity index (χ0n) is 17.2. The van der Waals surface area contributed by atoms with E-state index in [4.69, 9.17) is 9.47 Å². The van der Waals surface area contributed by atoms with Crippen LogP contribution in [0, 0.1) is 17.8 Å². The SMILES string of the molecule is COC(=O)[C@@H](C)[C@H](c1ccc2c(c1)OC(C1C[C@H]3CC[C@@H](C1)N3)CC2)C1CC1. The highest BCUT2D eigenvalue weighted by Crippen LogP contribution is 2.48. The molecule has 28 heavy (non-hydrogen) atoms. The fraction of sp³-hybridized carbons (Fsp3) is 0.708. The third-order valence-electron chi connectivity index (χ3n) is 7.73. The molecule has 3 fully saturated rings. The van der Waals surface area contributed by atoms with E-state index in [0.717, 1.165) is 18.6 Å². The summed E-state index contributed by atoms with van der Waals surface area (Å²) in [5, 5.41) is 3.75. The Labute approximate surface area is 168 Å². The molecule has 6 atom stereocenters. The fourth-order valence-corrected chi connectivity index (χ4v) is 6.11. The highest BCUT2D eigenvalue weighted by atomic mass is 16.5. The van der Waals surface area contributed by atoms with Crippen molar-refractivity contribution in [2.45, 2.75) is 82.4 Å². The van der Waals surface area contributed by atoms with E-state index in [-0.39, 0.29) is 17.8 Å². The van der Waals surface area contributed by atoms with Crippen molar-refractivity contribution in [1.82, 2.24) is 5.32 Å². The average molecular weight is 384 g/mol. The highest BCUT2D eigenvalue weighted by molar-refractivity contribution is 5.73. The molecule has 1 saturated carbocycles. The summed E-state index contributed by atoms with van der Waals surface area (Å²) in [5.41, 5.74) is 2.59. The van der Waals surface area contributed by atoms with Crippen LogP contribution in [0.25, 0.3) is 0 Å². The molecule has 3 heterocycles. The first-order valence-electron chi connectivity index (χ1n) is 11.3. The minimum absolute atomic E-state index is 0.0985. The van der Waals surface area contributed by atoms with Crippen LogP contribution in [0.1, 0.15) is 68.9 Å². The van der Waals surface area contributed by atoms with Crippen LogP contribution in [0.3, 0.4) is 0 Å². The molecule has 0 amide bonds. The second-order valence-corrected chi connectivity index (χ2v) is 9.61. The van der Waals surface area contributed by atoms with Crippen LogP contribution in [0.15, 0.2) is 18.2 Å². The normalized spacial score (nSPS) is 33.5. The van der Waals surface area contributed by atoms with Crippen molar-refractivity contribution in [3.05, 3.63) is 29.3 Å². The van der Waals surface area contributed by atoms with Gasteiger partial charge in [-0.3, -0.25) is 4.79 Å². The Morgan fingerprint density at radius 3 is 2.57 bits per heavy atom. The van der Waals surface area contributed by atoms with Gasteiger partial charge in [0.05, 0.1) is 13.0 Å². The summed E-state index contributed by atoms with van der Waals surface area (Å²) in [7, 11) is 1.50. The maximum atomic E-state index is 12.2. The molecule has 0 spiro atoms. The molecule has 0 aromatic heterocycles. The molecule has 0 radical (unpaired) electrons. The van der Waals surface area contributed by atoms with Gasteiger partial charge in [0, 0.05) is 12.1 Å². The van der Waals surface area contributed by atoms with Gasteiger partial charge in [-0.15, -0.1) is 0 Å². The van der Waals surface area contributed by atoms with Gasteiger partial charge in [-0.05, 0) is 86.3 Å². The van der Waals surface area contributed by atoms with E-state index in [1.165, 1.54) is 56.8 Å². The standard InChI is InChI=1S/C24H33NO3/c1-14(24(26)27-2)23(16-4-5-16)17-6-3-15-7-10-21(28-22(15)13-17)18-11-19-8-9-20(12-18)25-19/h3,6,13-14,16,18-21,23,25H,4-5,7-12H2,1-2H3/t14-,18?,19-,20+,21?,23-/m0/s1. The summed E-state index contributed by atoms with van der Waals surface area (Å²) in [4.78, 5) is 12.2. The largest absolute Gasteiger partial charge is 0.490 e. The zero-order valence-corrected chi connectivity index (χ0v) is 17.2. The first-order valence-corrected chi connectivity index (χ1v) is 11.3. The Morgan fingerprint density at radius 2 is 1.89 bits per heavy atom. The van der Waals surface area contributed by atoms with Gasteiger partial charge >= 0.3 is 5.97 Å². The molecule has 4 heteroatoms. The molecule has 1 aliphatic carbocycles. The lowest BCUT2D eigenvalue weighted by Crippen LogP contribution is -2.44. The molecule has 4 aliphatic rings. The van der Waals surface area contributed by atoms with Crippen molar-refractivity contribution in [1.29, 1.82) is 0 Å². The van der Waals surface area contributed by atoms with Crippen molar-refractivity contribution < 1.29 is 14.3 Å². The molecule has 4 nitrogen and oxygen atoms in total. The van der Waals surface area contributed by atoms with E-state index < -0.39 is 0 Å². The number of ether oxygens (including phenoxy) is 2. The van der Waals surface area contributed by atoms with E-state index in [1.54, 1.807) is 0 Å². The Bertz CT molecular complexity index is 731. The predicted octanol–water partition coefficient (Wildman–Crippen LogP) is 4.21. The van der Waals surface area contributed by atoms with Crippen LogP contribution in [0.2, 0.25) is 0 Å². The number of carbonyl (C=O) groups excluding carboxylic acids is 1. The van der Waals surface area contributed by atoms with Crippen LogP contribution in [0.5, 0.6) is 5.75 Å². The Morgan fingerprint density at radius 1 is 1.14 bits per heavy atom. The van der Waals surface area contributed by atoms with Crippen molar-refractivity contribution in [2.75, 3.05) is 7.11 Å². The van der Waals surface area contributed by atoms with Gasteiger partial charge in [-0.1, -0.05) is 19.1 Å². The molecule has 152 valence electrons. The summed E-state index contributed by atoms with van der Waals surface area (Å²) in [6.45, 7) is 2.02. The number of piperidine rings is 1. The molecule has 5 rings (SSSR count). The maximum absolute atomic E-state index is 12.2. The molecule has 3 aliphatic heterocycles. The summed E-state index contributed by atoms with van der Waals surface area (Å²) >= 11 is 0. The summed E-state index contributed by atoms with van der Waals surface area (Å²) in [6, 6.07) is 8.14. The maximum Gasteiger partial charge on any atom is 0.309 e. The third-order valence-corrected chi connectivity index (χ3v) is 7.73. The minimum atomic E-state index is -0.102. The molecular formula is C24H33NO3. The van der Waals surface area contributed by atoms with Gasteiger partial charge in [0.25, 0.3) is 0 Å². The number of methoxy groups -OCH3 is 1. The minimum Gasteiger partial charge on any atom is -0.490 e. The molecule has 1 N–H and O–H groups in total. The molecule has 2 bridgehead atoms. The fourth-order valence-electron chi connectivity index (χ4n) is 6.11. The third kappa shape index (κ3) is 3.45. The summed E-state index contributed by atoms with van der Waals surface area (Å²) < 4.78 is 11.7. The summed E-state index contributed by atoms with van der Waals surface area (Å²) in [5.74, 6) is 2.41. The Hall–Kier alpha value is -1.55. The number of benzene rings is 1. The van der Waals surface area contributed by atoms with Crippen LogP contribution in [-0.4, -0.2) is 31.3 Å². The zero-order chi connectivity index (χ0) is 19.3. The smallest absolute Gasteiger partial charge is 0.309 e. The average Bonchev–Trinajstić information content (AvgIpc) is 3.50. The lowest BCUT2D eigenvalue weighted by atomic mass is 9.81. The first-order chi connectivity index (χ1) is 13.6. The van der Waals surface area contributed by atoms with Crippen molar-refractivity contribution in [2.24, 2.45) is 17.8 Å². The van der Waals surface area contributed by atoms with E-state index in [1.807, 2.05) is 6.92 Å². The van der Waals surface area contributed by atoms with E-state index in [9.17, 15) is 4.79 Å². The molecule has 2 saturated heterocycles. The summed E-state index contributed by atoms with van der Waals surface area (Å²) in [6.07, 6.45) is 10.2. The van der Waals surface area contributed by atoms with Gasteiger partial charge in [-0.2, -0.15) is 0 Å². The second kappa shape index (κ2) is 7.37. The van der Waals surface area contributed by atoms with Crippen LogP contribution in [0.4, 0.5) is 0 Å². The molecule has 1 aromatic carbocycles. The van der Waals surface area contributed by atoms with Gasteiger partial charge < -0.3 is 14.8 Å². The van der Waals surface area contributed by atoms with E-state index >= 15 is 0 Å². The van der Waals surface area contributed by atoms with Crippen molar-refractivity contribution in [3.63, 3.8) is 0 Å². The van der Waals surface area contributed by atoms with Crippen molar-refractivity contribution >= 4 is 5.97 Å². The monoisotopic (exact) mass is 383 g/mol. The van der Waals surface area contributed by atoms with Crippen LogP contribution in [-0.2, 0) is 16.0 Å². The van der Waals surface area contributed by atoms with Gasteiger partial charge in [0.1, 0.15) is 11.9 Å². The number of esters is 1. The molecule has 2 unspecified atom stereocenters. The second-order valence-electron chi connectivity index (χ2n) is 9.61. The molecular weight excluding hydrogens is 350 g/mol. The number of carbonyl (C=O) groups is 1. The topological polar surface area (TPSA) is 47.6 Å². The van der Waals surface area contributed by atoms with Crippen LogP contribution < -0.4 is 10.1 Å². The number of nitrogens with one attached hydrogen (secondary N) is 1. The number of fused-ring (bicyclic) bond motifs is 3. The predicted molar refractivity (Wildman–Crippen MR) is 108 cm³/mol. The van der Waals surface area contributed by atoms with E-state index in [0.29, 0.717) is 30.0 Å². The van der Waals surface area contributed by atoms with Gasteiger partial charge in [-0.25, -0.2) is 0 Å². The van der Waals surface area contributed by atoms with Gasteiger partial charge in [0.2, 0.25) is 0 Å². The lowest BCUT2D eigenvalue weighted by molar-refractivity contribution is -0.145. The Kier molecular flexibility index (Phi) is 4.86. The lowest BCUT2D eigenvalue weighted by Gasteiger charge is -2.37. The quantitative estimate of drug-likeness (QED) is 0.774. The molecule has 1 aromatic rings. The number of hydrogen-bond acceptors (Lipinski definition) is 4. The highest BCUT2D eigenvalue weighted by Gasteiger charge is 2.41. The first kappa shape index (κ1) is 18.5.